The van der Waals surface area contributed by atoms with E-state index in [1.807, 2.05) is 45.0 Å². The van der Waals surface area contributed by atoms with Crippen LogP contribution in [0, 0.1) is 12.8 Å². The quantitative estimate of drug-likeness (QED) is 0.795. The number of carbonyl (C=O) groups excluding carboxylic acids is 3. The fourth-order valence-corrected chi connectivity index (χ4v) is 3.08. The highest BCUT2D eigenvalue weighted by Gasteiger charge is 2.35. The number of hydrogen-bond donors (Lipinski definition) is 2. The zero-order valence-electron chi connectivity index (χ0n) is 15.7. The van der Waals surface area contributed by atoms with Crippen molar-refractivity contribution >= 4 is 23.5 Å². The number of aryl methyl sites for hydroxylation is 1. The van der Waals surface area contributed by atoms with Gasteiger partial charge in [-0.1, -0.05) is 43.7 Å². The molecule has 27 heavy (non-hydrogen) atoms. The van der Waals surface area contributed by atoms with Gasteiger partial charge in [-0.05, 0) is 36.6 Å². The number of nitrogens with zero attached hydrogens (tertiary/aromatic N) is 1. The van der Waals surface area contributed by atoms with Crippen LogP contribution in [0.2, 0.25) is 0 Å². The standard InChI is InChI=1S/C21H23N3O3/c1-13(2)12-24-19(25)17-8-7-16(10-18(17)20(24)26)23-21(27)22-11-15-6-4-5-14(3)9-15/h4-10,13H,11-12H2,1-3H3,(H2,22,23,27). The lowest BCUT2D eigenvalue weighted by Crippen LogP contribution is -2.33. The number of carbonyl (C=O) groups is 3. The van der Waals surface area contributed by atoms with Gasteiger partial charge in [0.2, 0.25) is 0 Å². The first-order chi connectivity index (χ1) is 12.8. The second kappa shape index (κ2) is 7.61. The Kier molecular flexibility index (Phi) is 5.26. The van der Waals surface area contributed by atoms with Crippen molar-refractivity contribution in [3.8, 4) is 0 Å². The monoisotopic (exact) mass is 365 g/mol. The fourth-order valence-electron chi connectivity index (χ4n) is 3.08. The van der Waals surface area contributed by atoms with Gasteiger partial charge in [0.15, 0.2) is 0 Å². The van der Waals surface area contributed by atoms with Crippen LogP contribution in [0.15, 0.2) is 42.5 Å². The molecule has 0 bridgehead atoms. The lowest BCUT2D eigenvalue weighted by Gasteiger charge is -2.15. The predicted molar refractivity (Wildman–Crippen MR) is 104 cm³/mol. The van der Waals surface area contributed by atoms with E-state index < -0.39 is 0 Å². The highest BCUT2D eigenvalue weighted by molar-refractivity contribution is 6.21. The Labute approximate surface area is 158 Å². The molecular formula is C21H23N3O3. The highest BCUT2D eigenvalue weighted by Crippen LogP contribution is 2.26. The smallest absolute Gasteiger partial charge is 0.319 e. The topological polar surface area (TPSA) is 78.5 Å². The number of hydrogen-bond acceptors (Lipinski definition) is 3. The van der Waals surface area contributed by atoms with E-state index in [1.54, 1.807) is 18.2 Å². The Bertz CT molecular complexity index is 905. The summed E-state index contributed by atoms with van der Waals surface area (Å²) in [6.07, 6.45) is 0. The van der Waals surface area contributed by atoms with Crippen LogP contribution in [-0.2, 0) is 6.54 Å². The molecule has 0 saturated carbocycles. The molecule has 1 heterocycles. The minimum Gasteiger partial charge on any atom is -0.334 e. The van der Waals surface area contributed by atoms with E-state index in [9.17, 15) is 14.4 Å². The molecule has 140 valence electrons. The maximum absolute atomic E-state index is 12.5. The van der Waals surface area contributed by atoms with E-state index in [4.69, 9.17) is 0 Å². The third kappa shape index (κ3) is 4.16. The third-order valence-electron chi connectivity index (χ3n) is 4.31. The first kappa shape index (κ1) is 18.6. The summed E-state index contributed by atoms with van der Waals surface area (Å²) in [5.74, 6) is -0.399. The highest BCUT2D eigenvalue weighted by atomic mass is 16.2. The normalized spacial score (nSPS) is 13.1. The van der Waals surface area contributed by atoms with Crippen LogP contribution in [0.1, 0.15) is 45.7 Å². The van der Waals surface area contributed by atoms with Crippen molar-refractivity contribution < 1.29 is 14.4 Å². The van der Waals surface area contributed by atoms with Crippen LogP contribution in [0.3, 0.4) is 0 Å². The average Bonchev–Trinajstić information content (AvgIpc) is 2.84. The van der Waals surface area contributed by atoms with E-state index in [0.717, 1.165) is 11.1 Å². The van der Waals surface area contributed by atoms with E-state index in [1.165, 1.54) is 4.90 Å². The van der Waals surface area contributed by atoms with Gasteiger partial charge in [0, 0.05) is 18.8 Å². The molecule has 2 aromatic rings. The average molecular weight is 365 g/mol. The number of anilines is 1. The van der Waals surface area contributed by atoms with E-state index in [2.05, 4.69) is 10.6 Å². The zero-order valence-corrected chi connectivity index (χ0v) is 15.7. The summed E-state index contributed by atoms with van der Waals surface area (Å²) < 4.78 is 0. The summed E-state index contributed by atoms with van der Waals surface area (Å²) in [4.78, 5) is 38.3. The van der Waals surface area contributed by atoms with Gasteiger partial charge in [-0.15, -0.1) is 0 Å². The van der Waals surface area contributed by atoms with Gasteiger partial charge in [0.25, 0.3) is 11.8 Å². The Morgan fingerprint density at radius 2 is 1.78 bits per heavy atom. The molecule has 4 amide bonds. The summed E-state index contributed by atoms with van der Waals surface area (Å²) in [6.45, 7) is 6.68. The Morgan fingerprint density at radius 3 is 2.48 bits per heavy atom. The van der Waals surface area contributed by atoms with Crippen molar-refractivity contribution in [3.05, 3.63) is 64.7 Å². The van der Waals surface area contributed by atoms with Crippen molar-refractivity contribution in [2.45, 2.75) is 27.3 Å². The van der Waals surface area contributed by atoms with Crippen LogP contribution >= 0.6 is 0 Å². The first-order valence-corrected chi connectivity index (χ1v) is 8.96. The summed E-state index contributed by atoms with van der Waals surface area (Å²) in [6, 6.07) is 12.3. The Balaban J connectivity index is 1.66. The van der Waals surface area contributed by atoms with Crippen molar-refractivity contribution in [2.75, 3.05) is 11.9 Å². The SMILES string of the molecule is Cc1cccc(CNC(=O)Nc2ccc3c(c2)C(=O)N(CC(C)C)C3=O)c1. The van der Waals surface area contributed by atoms with Gasteiger partial charge in [0.1, 0.15) is 0 Å². The number of fused-ring (bicyclic) bond motifs is 1. The molecule has 0 aliphatic carbocycles. The van der Waals surface area contributed by atoms with Gasteiger partial charge in [0.05, 0.1) is 11.1 Å². The maximum Gasteiger partial charge on any atom is 0.319 e. The molecule has 3 rings (SSSR count). The van der Waals surface area contributed by atoms with Crippen LogP contribution in [0.4, 0.5) is 10.5 Å². The predicted octanol–water partition coefficient (Wildman–Crippen LogP) is 3.57. The van der Waals surface area contributed by atoms with Crippen LogP contribution in [-0.4, -0.2) is 29.3 Å². The Hall–Kier alpha value is -3.15. The van der Waals surface area contributed by atoms with Gasteiger partial charge < -0.3 is 10.6 Å². The minimum atomic E-state index is -0.368. The number of urea groups is 1. The van der Waals surface area contributed by atoms with E-state index in [0.29, 0.717) is 29.9 Å². The molecule has 0 saturated heterocycles. The molecule has 6 nitrogen and oxygen atoms in total. The molecule has 1 aliphatic rings. The number of amides is 4. The van der Waals surface area contributed by atoms with Gasteiger partial charge in [-0.3, -0.25) is 14.5 Å². The van der Waals surface area contributed by atoms with Crippen LogP contribution in [0.5, 0.6) is 0 Å². The lowest BCUT2D eigenvalue weighted by molar-refractivity contribution is 0.0636. The fraction of sp³-hybridized carbons (Fsp3) is 0.286. The number of rotatable bonds is 5. The molecular weight excluding hydrogens is 342 g/mol. The molecule has 0 atom stereocenters. The molecule has 6 heteroatoms. The van der Waals surface area contributed by atoms with Gasteiger partial charge in [-0.2, -0.15) is 0 Å². The molecule has 0 spiro atoms. The molecule has 2 aromatic carbocycles. The largest absolute Gasteiger partial charge is 0.334 e. The summed E-state index contributed by atoms with van der Waals surface area (Å²) in [5.41, 5.74) is 3.32. The number of nitrogens with one attached hydrogen (secondary N) is 2. The van der Waals surface area contributed by atoms with Crippen molar-refractivity contribution in [1.29, 1.82) is 0 Å². The van der Waals surface area contributed by atoms with Crippen molar-refractivity contribution in [3.63, 3.8) is 0 Å². The minimum absolute atomic E-state index is 0.192. The van der Waals surface area contributed by atoms with Gasteiger partial charge >= 0.3 is 6.03 Å². The van der Waals surface area contributed by atoms with Crippen molar-refractivity contribution in [1.82, 2.24) is 10.2 Å². The molecule has 0 fully saturated rings. The second-order valence-electron chi connectivity index (χ2n) is 7.17. The van der Waals surface area contributed by atoms with E-state index in [-0.39, 0.29) is 23.8 Å². The number of imide groups is 1. The molecule has 2 N–H and O–H groups in total. The lowest BCUT2D eigenvalue weighted by atomic mass is 10.1. The number of benzene rings is 2. The van der Waals surface area contributed by atoms with Crippen LogP contribution < -0.4 is 10.6 Å². The third-order valence-corrected chi connectivity index (χ3v) is 4.31. The first-order valence-electron chi connectivity index (χ1n) is 8.96. The molecule has 1 aliphatic heterocycles. The zero-order chi connectivity index (χ0) is 19.6. The summed E-state index contributed by atoms with van der Waals surface area (Å²) >= 11 is 0. The second-order valence-corrected chi connectivity index (χ2v) is 7.17. The van der Waals surface area contributed by atoms with Crippen molar-refractivity contribution in [2.24, 2.45) is 5.92 Å². The molecule has 0 radical (unpaired) electrons. The van der Waals surface area contributed by atoms with Gasteiger partial charge in [-0.25, -0.2) is 4.79 Å². The molecule has 0 aromatic heterocycles. The summed E-state index contributed by atoms with van der Waals surface area (Å²) in [7, 11) is 0. The maximum atomic E-state index is 12.5. The Morgan fingerprint density at radius 1 is 1.04 bits per heavy atom. The van der Waals surface area contributed by atoms with E-state index >= 15 is 0 Å². The van der Waals surface area contributed by atoms with Crippen LogP contribution in [0.25, 0.3) is 0 Å². The molecule has 0 unspecified atom stereocenters. The summed E-state index contributed by atoms with van der Waals surface area (Å²) in [5, 5.41) is 5.50.